The van der Waals surface area contributed by atoms with E-state index in [2.05, 4.69) is 18.3 Å². The van der Waals surface area contributed by atoms with Crippen LogP contribution in [0.5, 0.6) is 0 Å². The summed E-state index contributed by atoms with van der Waals surface area (Å²) < 4.78 is 0. The van der Waals surface area contributed by atoms with Crippen molar-refractivity contribution in [2.45, 2.75) is 0 Å². The van der Waals surface area contributed by atoms with Gasteiger partial charge in [-0.05, 0) is 12.8 Å². The van der Waals surface area contributed by atoms with Gasteiger partial charge in [0.15, 0.2) is 0 Å². The Bertz CT molecular complexity index is 157. The fourth-order valence-electron chi connectivity index (χ4n) is 0.325. The lowest BCUT2D eigenvalue weighted by Crippen LogP contribution is -1.97. The summed E-state index contributed by atoms with van der Waals surface area (Å²) >= 11 is 0. The molecule has 0 aromatic carbocycles. The molecule has 0 fully saturated rings. The molecule has 0 aliphatic carbocycles. The lowest BCUT2D eigenvalue weighted by molar-refractivity contribution is 1.32. The van der Waals surface area contributed by atoms with Crippen LogP contribution in [0.15, 0.2) is 29.0 Å². The van der Waals surface area contributed by atoms with Crippen molar-refractivity contribution in [3.8, 4) is 0 Å². The molecule has 0 atom stereocenters. The average Bonchev–Trinajstić information content (AvgIpc) is 1.90. The topological polar surface area (TPSA) is 62.2 Å². The number of allylic oxidation sites excluding steroid dienone is 2. The van der Waals surface area contributed by atoms with Gasteiger partial charge in [-0.3, -0.25) is 4.99 Å². The summed E-state index contributed by atoms with van der Waals surface area (Å²) in [5.41, 5.74) is 6.04. The van der Waals surface area contributed by atoms with Crippen molar-refractivity contribution in [1.82, 2.24) is 0 Å². The standard InChI is InChI=1S/C6H9N3/c1-3-5(8)6(4-7)9-2/h3-4,7H,1-2,8H2/b6-5+,7-4?. The van der Waals surface area contributed by atoms with Gasteiger partial charge in [0.2, 0.25) is 0 Å². The number of hydrogen-bond donors (Lipinski definition) is 2. The second-order valence-electron chi connectivity index (χ2n) is 1.35. The molecule has 0 spiro atoms. The zero-order valence-corrected chi connectivity index (χ0v) is 5.09. The van der Waals surface area contributed by atoms with Crippen LogP contribution in [0.2, 0.25) is 0 Å². The minimum absolute atomic E-state index is 0.352. The van der Waals surface area contributed by atoms with Crippen molar-refractivity contribution in [1.29, 1.82) is 5.41 Å². The molecule has 0 saturated carbocycles. The van der Waals surface area contributed by atoms with Gasteiger partial charge < -0.3 is 11.1 Å². The molecule has 0 bridgehead atoms. The molecule has 0 amide bonds. The van der Waals surface area contributed by atoms with E-state index in [1.807, 2.05) is 0 Å². The Morgan fingerprint density at radius 3 is 2.33 bits per heavy atom. The number of hydrogen-bond acceptors (Lipinski definition) is 3. The largest absolute Gasteiger partial charge is 0.397 e. The van der Waals surface area contributed by atoms with Crippen LogP contribution in [0.1, 0.15) is 0 Å². The smallest absolute Gasteiger partial charge is 0.103 e. The van der Waals surface area contributed by atoms with E-state index in [-0.39, 0.29) is 0 Å². The summed E-state index contributed by atoms with van der Waals surface area (Å²) in [4.78, 5) is 3.47. The molecule has 48 valence electrons. The van der Waals surface area contributed by atoms with Gasteiger partial charge in [-0.2, -0.15) is 0 Å². The second kappa shape index (κ2) is 3.60. The highest BCUT2D eigenvalue weighted by atomic mass is 14.8. The predicted octanol–water partition coefficient (Wildman–Crippen LogP) is 0.693. The Morgan fingerprint density at radius 2 is 2.22 bits per heavy atom. The first-order chi connectivity index (χ1) is 4.26. The quantitative estimate of drug-likeness (QED) is 0.421. The van der Waals surface area contributed by atoms with Gasteiger partial charge in [-0.1, -0.05) is 6.58 Å². The van der Waals surface area contributed by atoms with Crippen molar-refractivity contribution < 1.29 is 0 Å². The first kappa shape index (κ1) is 7.62. The molecule has 0 aromatic heterocycles. The third-order valence-electron chi connectivity index (χ3n) is 0.823. The second-order valence-corrected chi connectivity index (χ2v) is 1.35. The summed E-state index contributed by atoms with van der Waals surface area (Å²) in [6, 6.07) is 0. The van der Waals surface area contributed by atoms with Gasteiger partial charge >= 0.3 is 0 Å². The van der Waals surface area contributed by atoms with E-state index in [0.29, 0.717) is 11.4 Å². The van der Waals surface area contributed by atoms with Gasteiger partial charge in [0.1, 0.15) is 5.70 Å². The summed E-state index contributed by atoms with van der Waals surface area (Å²) in [6.07, 6.45) is 2.46. The van der Waals surface area contributed by atoms with Crippen LogP contribution in [-0.2, 0) is 0 Å². The van der Waals surface area contributed by atoms with Crippen molar-refractivity contribution in [2.24, 2.45) is 10.7 Å². The Balaban J connectivity index is 4.56. The molecule has 0 aliphatic rings. The van der Waals surface area contributed by atoms with Crippen molar-refractivity contribution in [3.63, 3.8) is 0 Å². The zero-order valence-electron chi connectivity index (χ0n) is 5.09. The lowest BCUT2D eigenvalue weighted by Gasteiger charge is -1.92. The van der Waals surface area contributed by atoms with Crippen LogP contribution in [0.4, 0.5) is 0 Å². The van der Waals surface area contributed by atoms with Gasteiger partial charge in [0.05, 0.1) is 5.70 Å². The molecule has 0 aliphatic heterocycles. The molecule has 0 rings (SSSR count). The highest BCUT2D eigenvalue weighted by Gasteiger charge is 1.89. The summed E-state index contributed by atoms with van der Waals surface area (Å²) in [5.74, 6) is 0. The number of nitrogens with two attached hydrogens (primary N) is 1. The molecule has 3 heteroatoms. The van der Waals surface area contributed by atoms with Crippen molar-refractivity contribution >= 4 is 12.9 Å². The van der Waals surface area contributed by atoms with Gasteiger partial charge in [-0.25, -0.2) is 0 Å². The number of aliphatic imine (C=N–C) groups is 1. The van der Waals surface area contributed by atoms with Crippen molar-refractivity contribution in [3.05, 3.63) is 24.0 Å². The fourth-order valence-corrected chi connectivity index (χ4v) is 0.325. The van der Waals surface area contributed by atoms with E-state index in [0.717, 1.165) is 6.21 Å². The maximum absolute atomic E-state index is 6.75. The molecule has 0 heterocycles. The molecule has 0 aromatic rings. The molecule has 9 heavy (non-hydrogen) atoms. The predicted molar refractivity (Wildman–Crippen MR) is 39.7 cm³/mol. The van der Waals surface area contributed by atoms with Crippen LogP contribution >= 0.6 is 0 Å². The van der Waals surface area contributed by atoms with Crippen LogP contribution < -0.4 is 5.73 Å². The Hall–Kier alpha value is -1.38. The monoisotopic (exact) mass is 123 g/mol. The summed E-state index contributed by atoms with van der Waals surface area (Å²) in [6.45, 7) is 6.62. The van der Waals surface area contributed by atoms with Crippen LogP contribution in [0.25, 0.3) is 0 Å². The lowest BCUT2D eigenvalue weighted by atomic mass is 10.3. The number of nitrogens with one attached hydrogen (secondary N) is 1. The number of nitrogens with zero attached hydrogens (tertiary/aromatic N) is 1. The molecule has 3 nitrogen and oxygen atoms in total. The normalized spacial score (nSPS) is 11.6. The van der Waals surface area contributed by atoms with Crippen molar-refractivity contribution in [2.75, 3.05) is 0 Å². The highest BCUT2D eigenvalue weighted by Crippen LogP contribution is 1.95. The van der Waals surface area contributed by atoms with E-state index in [1.54, 1.807) is 0 Å². The first-order valence-electron chi connectivity index (χ1n) is 2.35. The van der Waals surface area contributed by atoms with E-state index in [9.17, 15) is 0 Å². The Morgan fingerprint density at radius 1 is 1.67 bits per heavy atom. The summed E-state index contributed by atoms with van der Waals surface area (Å²) in [7, 11) is 0. The van der Waals surface area contributed by atoms with Crippen LogP contribution in [0, 0.1) is 5.41 Å². The Labute approximate surface area is 54.1 Å². The fraction of sp³-hybridized carbons (Fsp3) is 0. The highest BCUT2D eigenvalue weighted by molar-refractivity contribution is 5.78. The molecule has 0 saturated heterocycles. The maximum atomic E-state index is 6.75. The van der Waals surface area contributed by atoms with E-state index >= 15 is 0 Å². The molecular weight excluding hydrogens is 114 g/mol. The van der Waals surface area contributed by atoms with E-state index < -0.39 is 0 Å². The SMILES string of the molecule is C=C/C(N)=C(/C=N)N=C. The minimum atomic E-state index is 0.352. The van der Waals surface area contributed by atoms with Crippen LogP contribution in [-0.4, -0.2) is 12.9 Å². The third kappa shape index (κ3) is 1.90. The summed E-state index contributed by atoms with van der Waals surface area (Å²) in [5, 5.41) is 6.75. The van der Waals surface area contributed by atoms with Gasteiger partial charge in [0.25, 0.3) is 0 Å². The molecular formula is C6H9N3. The minimum Gasteiger partial charge on any atom is -0.397 e. The average molecular weight is 123 g/mol. The first-order valence-corrected chi connectivity index (χ1v) is 2.35. The van der Waals surface area contributed by atoms with E-state index in [4.69, 9.17) is 11.1 Å². The molecule has 0 unspecified atom stereocenters. The molecule has 0 radical (unpaired) electrons. The van der Waals surface area contributed by atoms with Crippen LogP contribution in [0.3, 0.4) is 0 Å². The third-order valence-corrected chi connectivity index (χ3v) is 0.823. The zero-order chi connectivity index (χ0) is 7.28. The van der Waals surface area contributed by atoms with E-state index in [1.165, 1.54) is 6.08 Å². The van der Waals surface area contributed by atoms with Gasteiger partial charge in [0, 0.05) is 6.21 Å². The number of rotatable bonds is 3. The molecule has 3 N–H and O–H groups in total. The Kier molecular flexibility index (Phi) is 3.05. The maximum Gasteiger partial charge on any atom is 0.103 e. The van der Waals surface area contributed by atoms with Gasteiger partial charge in [-0.15, -0.1) is 0 Å².